The van der Waals surface area contributed by atoms with Gasteiger partial charge in [-0.25, -0.2) is 0 Å². The van der Waals surface area contributed by atoms with Crippen LogP contribution in [0.3, 0.4) is 0 Å². The molecular formula is C15H24ClNO. The Hall–Kier alpha value is -0.730. The van der Waals surface area contributed by atoms with Gasteiger partial charge in [0, 0.05) is 16.6 Å². The summed E-state index contributed by atoms with van der Waals surface area (Å²) in [6.07, 6.45) is 7.34. The van der Waals surface area contributed by atoms with Gasteiger partial charge in [-0.2, -0.15) is 0 Å². The molecule has 1 rings (SSSR count). The maximum absolute atomic E-state index is 6.21. The summed E-state index contributed by atoms with van der Waals surface area (Å²) in [4.78, 5) is 0. The van der Waals surface area contributed by atoms with Crippen LogP contribution in [0, 0.1) is 0 Å². The molecule has 1 atom stereocenters. The number of ether oxygens (including phenoxy) is 1. The van der Waals surface area contributed by atoms with Crippen molar-refractivity contribution in [1.82, 2.24) is 0 Å². The number of nitrogens with two attached hydrogens (primary N) is 1. The van der Waals surface area contributed by atoms with Crippen LogP contribution in [-0.4, -0.2) is 7.11 Å². The lowest BCUT2D eigenvalue weighted by molar-refractivity contribution is 0.403. The summed E-state index contributed by atoms with van der Waals surface area (Å²) >= 11 is 5.94. The molecule has 0 aromatic heterocycles. The van der Waals surface area contributed by atoms with Crippen LogP contribution in [-0.2, 0) is 0 Å². The fraction of sp³-hybridized carbons (Fsp3) is 0.600. The van der Waals surface area contributed by atoms with Crippen molar-refractivity contribution >= 4 is 11.6 Å². The van der Waals surface area contributed by atoms with Crippen molar-refractivity contribution in [3.05, 3.63) is 28.8 Å². The molecule has 1 unspecified atom stereocenters. The number of rotatable bonds is 8. The van der Waals surface area contributed by atoms with Gasteiger partial charge in [0.1, 0.15) is 5.75 Å². The molecule has 0 saturated heterocycles. The molecule has 2 N–H and O–H groups in total. The number of hydrogen-bond donors (Lipinski definition) is 1. The van der Waals surface area contributed by atoms with Crippen LogP contribution >= 0.6 is 11.6 Å². The van der Waals surface area contributed by atoms with E-state index in [4.69, 9.17) is 22.1 Å². The normalized spacial score (nSPS) is 12.4. The zero-order chi connectivity index (χ0) is 13.4. The number of hydrogen-bond acceptors (Lipinski definition) is 2. The van der Waals surface area contributed by atoms with Gasteiger partial charge < -0.3 is 10.5 Å². The maximum atomic E-state index is 6.21. The van der Waals surface area contributed by atoms with E-state index in [2.05, 4.69) is 6.92 Å². The van der Waals surface area contributed by atoms with Gasteiger partial charge in [-0.1, -0.05) is 56.7 Å². The van der Waals surface area contributed by atoms with E-state index < -0.39 is 0 Å². The summed E-state index contributed by atoms with van der Waals surface area (Å²) in [6, 6.07) is 5.71. The molecule has 18 heavy (non-hydrogen) atoms. The van der Waals surface area contributed by atoms with Gasteiger partial charge in [0.2, 0.25) is 0 Å². The van der Waals surface area contributed by atoms with Gasteiger partial charge in [-0.05, 0) is 18.6 Å². The van der Waals surface area contributed by atoms with Crippen molar-refractivity contribution in [3.8, 4) is 5.75 Å². The minimum Gasteiger partial charge on any atom is -0.496 e. The fourth-order valence-corrected chi connectivity index (χ4v) is 2.28. The van der Waals surface area contributed by atoms with Crippen LogP contribution in [0.2, 0.25) is 5.02 Å². The largest absolute Gasteiger partial charge is 0.496 e. The molecule has 0 aliphatic carbocycles. The van der Waals surface area contributed by atoms with Crippen LogP contribution in [0.25, 0.3) is 0 Å². The molecule has 0 bridgehead atoms. The molecule has 0 radical (unpaired) electrons. The lowest BCUT2D eigenvalue weighted by Crippen LogP contribution is -2.11. The van der Waals surface area contributed by atoms with Crippen LogP contribution < -0.4 is 10.5 Å². The summed E-state index contributed by atoms with van der Waals surface area (Å²) in [5, 5.41) is 0.686. The lowest BCUT2D eigenvalue weighted by Gasteiger charge is -2.15. The van der Waals surface area contributed by atoms with Gasteiger partial charge in [-0.15, -0.1) is 0 Å². The standard InChI is InChI=1S/C15H24ClNO/c1-3-4-5-6-7-8-14(17)13-10-9-12(16)11-15(13)18-2/h9-11,14H,3-8,17H2,1-2H3. The Kier molecular flexibility index (Phi) is 7.14. The van der Waals surface area contributed by atoms with Crippen LogP contribution in [0.1, 0.15) is 57.1 Å². The monoisotopic (exact) mass is 269 g/mol. The first kappa shape index (κ1) is 15.3. The SMILES string of the molecule is CCCCCCCC(N)c1ccc(Cl)cc1OC. The van der Waals surface area contributed by atoms with Gasteiger partial charge >= 0.3 is 0 Å². The first-order chi connectivity index (χ1) is 8.69. The molecule has 3 heteroatoms. The van der Waals surface area contributed by atoms with E-state index >= 15 is 0 Å². The third-order valence-electron chi connectivity index (χ3n) is 3.21. The predicted molar refractivity (Wildman–Crippen MR) is 78.3 cm³/mol. The van der Waals surface area contributed by atoms with Crippen molar-refractivity contribution in [3.63, 3.8) is 0 Å². The average molecular weight is 270 g/mol. The van der Waals surface area contributed by atoms with E-state index in [1.807, 2.05) is 18.2 Å². The highest BCUT2D eigenvalue weighted by molar-refractivity contribution is 6.30. The Labute approximate surface area is 115 Å². The Morgan fingerprint density at radius 1 is 1.22 bits per heavy atom. The first-order valence-electron chi connectivity index (χ1n) is 6.78. The lowest BCUT2D eigenvalue weighted by atomic mass is 10.00. The van der Waals surface area contributed by atoms with E-state index in [1.54, 1.807) is 7.11 Å². The van der Waals surface area contributed by atoms with Gasteiger partial charge in [0.15, 0.2) is 0 Å². The van der Waals surface area contributed by atoms with Crippen molar-refractivity contribution in [1.29, 1.82) is 0 Å². The third-order valence-corrected chi connectivity index (χ3v) is 3.45. The minimum atomic E-state index is 0.0406. The highest BCUT2D eigenvalue weighted by Crippen LogP contribution is 2.29. The smallest absolute Gasteiger partial charge is 0.125 e. The minimum absolute atomic E-state index is 0.0406. The highest BCUT2D eigenvalue weighted by atomic mass is 35.5. The average Bonchev–Trinajstić information content (AvgIpc) is 2.38. The maximum Gasteiger partial charge on any atom is 0.125 e. The van der Waals surface area contributed by atoms with Crippen LogP contribution in [0.4, 0.5) is 0 Å². The summed E-state index contributed by atoms with van der Waals surface area (Å²) in [5.41, 5.74) is 7.27. The predicted octanol–water partition coefficient (Wildman–Crippen LogP) is 4.71. The zero-order valence-corrected chi connectivity index (χ0v) is 12.2. The summed E-state index contributed by atoms with van der Waals surface area (Å²) < 4.78 is 5.33. The molecule has 0 fully saturated rings. The first-order valence-corrected chi connectivity index (χ1v) is 7.15. The van der Waals surface area contributed by atoms with Crippen LogP contribution in [0.5, 0.6) is 5.75 Å². The van der Waals surface area contributed by atoms with Crippen molar-refractivity contribution in [2.75, 3.05) is 7.11 Å². The number of benzene rings is 1. The summed E-state index contributed by atoms with van der Waals surface area (Å²) in [6.45, 7) is 2.23. The zero-order valence-electron chi connectivity index (χ0n) is 11.4. The molecule has 1 aromatic rings. The van der Waals surface area contributed by atoms with Gasteiger partial charge in [0.05, 0.1) is 7.11 Å². The fourth-order valence-electron chi connectivity index (χ4n) is 2.11. The van der Waals surface area contributed by atoms with Gasteiger partial charge in [0.25, 0.3) is 0 Å². The van der Waals surface area contributed by atoms with E-state index in [0.29, 0.717) is 5.02 Å². The molecule has 0 aliphatic heterocycles. The highest BCUT2D eigenvalue weighted by Gasteiger charge is 2.11. The molecule has 0 heterocycles. The number of methoxy groups -OCH3 is 1. The van der Waals surface area contributed by atoms with E-state index in [1.165, 1.54) is 32.1 Å². The van der Waals surface area contributed by atoms with Gasteiger partial charge in [-0.3, -0.25) is 0 Å². The van der Waals surface area contributed by atoms with Crippen molar-refractivity contribution in [2.45, 2.75) is 51.5 Å². The van der Waals surface area contributed by atoms with E-state index in [-0.39, 0.29) is 6.04 Å². The third kappa shape index (κ3) is 4.87. The molecule has 0 amide bonds. The number of halogens is 1. The van der Waals surface area contributed by atoms with E-state index in [0.717, 1.165) is 17.7 Å². The second-order valence-electron chi connectivity index (χ2n) is 4.70. The molecule has 0 spiro atoms. The molecule has 1 aromatic carbocycles. The molecule has 0 saturated carbocycles. The Morgan fingerprint density at radius 2 is 1.94 bits per heavy atom. The Bertz CT molecular complexity index is 354. The van der Waals surface area contributed by atoms with Crippen LogP contribution in [0.15, 0.2) is 18.2 Å². The number of unbranched alkanes of at least 4 members (excludes halogenated alkanes) is 4. The van der Waals surface area contributed by atoms with Crippen molar-refractivity contribution < 1.29 is 4.74 Å². The van der Waals surface area contributed by atoms with Crippen molar-refractivity contribution in [2.24, 2.45) is 5.73 Å². The summed E-state index contributed by atoms with van der Waals surface area (Å²) in [5.74, 6) is 0.795. The topological polar surface area (TPSA) is 35.2 Å². The molecule has 2 nitrogen and oxygen atoms in total. The molecular weight excluding hydrogens is 246 g/mol. The Balaban J connectivity index is 2.48. The quantitative estimate of drug-likeness (QED) is 0.694. The molecule has 102 valence electrons. The second-order valence-corrected chi connectivity index (χ2v) is 5.13. The van der Waals surface area contributed by atoms with E-state index in [9.17, 15) is 0 Å². The summed E-state index contributed by atoms with van der Waals surface area (Å²) in [7, 11) is 1.66. The Morgan fingerprint density at radius 3 is 2.61 bits per heavy atom. The second kappa shape index (κ2) is 8.39. The molecule has 0 aliphatic rings.